The lowest BCUT2D eigenvalue weighted by Gasteiger charge is -2.11. The largest absolute Gasteiger partial charge is 0.493 e. The summed E-state index contributed by atoms with van der Waals surface area (Å²) in [5.74, 6) is 2.13. The summed E-state index contributed by atoms with van der Waals surface area (Å²) >= 11 is 0. The van der Waals surface area contributed by atoms with Crippen molar-refractivity contribution in [1.82, 2.24) is 26.0 Å². The van der Waals surface area contributed by atoms with Crippen LogP contribution in [0.1, 0.15) is 49.2 Å². The Labute approximate surface area is 145 Å². The third-order valence-corrected chi connectivity index (χ3v) is 4.62. The number of rotatable bonds is 4. The van der Waals surface area contributed by atoms with Gasteiger partial charge < -0.3 is 4.74 Å². The second-order valence-corrected chi connectivity index (χ2v) is 6.78. The second kappa shape index (κ2) is 6.45. The number of aromatic nitrogens is 3. The van der Waals surface area contributed by atoms with E-state index in [9.17, 15) is 4.79 Å². The lowest BCUT2D eigenvalue weighted by Crippen LogP contribution is -2.39. The van der Waals surface area contributed by atoms with Crippen LogP contribution in [0.15, 0.2) is 18.2 Å². The number of carbonyl (C=O) groups excluding carboxylic acids is 1. The van der Waals surface area contributed by atoms with Crippen LogP contribution in [-0.2, 0) is 11.2 Å². The Balaban J connectivity index is 1.39. The number of hydrogen-bond acceptors (Lipinski definition) is 6. The fourth-order valence-corrected chi connectivity index (χ4v) is 3.16. The van der Waals surface area contributed by atoms with E-state index in [1.54, 1.807) is 0 Å². The molecule has 1 amide bonds. The molecule has 2 aliphatic rings. The number of nitrogens with zero attached hydrogens (tertiary/aromatic N) is 2. The fourth-order valence-electron chi connectivity index (χ4n) is 3.16. The Morgan fingerprint density at radius 1 is 1.36 bits per heavy atom. The Hall–Kier alpha value is -2.45. The van der Waals surface area contributed by atoms with E-state index >= 15 is 0 Å². The molecule has 8 nitrogen and oxygen atoms in total. The van der Waals surface area contributed by atoms with Crippen LogP contribution in [0, 0.1) is 0 Å². The number of carbonyl (C=O) groups is 1. The predicted molar refractivity (Wildman–Crippen MR) is 92.2 cm³/mol. The second-order valence-electron chi connectivity index (χ2n) is 6.78. The molecular formula is C17H22N6O2. The molecule has 2 aromatic rings. The first-order valence-corrected chi connectivity index (χ1v) is 8.60. The summed E-state index contributed by atoms with van der Waals surface area (Å²) < 4.78 is 5.54. The van der Waals surface area contributed by atoms with Crippen molar-refractivity contribution >= 4 is 11.9 Å². The van der Waals surface area contributed by atoms with E-state index in [-0.39, 0.29) is 23.9 Å². The van der Waals surface area contributed by atoms with Gasteiger partial charge in [-0.15, -0.1) is 5.10 Å². The molecule has 1 saturated heterocycles. The van der Waals surface area contributed by atoms with Gasteiger partial charge in [0.1, 0.15) is 17.6 Å². The minimum Gasteiger partial charge on any atom is -0.493 e. The summed E-state index contributed by atoms with van der Waals surface area (Å²) in [5.41, 5.74) is 8.66. The first-order chi connectivity index (χ1) is 12.1. The van der Waals surface area contributed by atoms with E-state index in [2.05, 4.69) is 37.4 Å². The molecule has 0 aliphatic carbocycles. The van der Waals surface area contributed by atoms with Crippen molar-refractivity contribution in [3.8, 4) is 5.75 Å². The van der Waals surface area contributed by atoms with Gasteiger partial charge in [-0.3, -0.25) is 15.2 Å². The van der Waals surface area contributed by atoms with Crippen molar-refractivity contribution < 1.29 is 9.53 Å². The minimum absolute atomic E-state index is 0.0834. The molecule has 4 rings (SSSR count). The van der Waals surface area contributed by atoms with Gasteiger partial charge >= 0.3 is 0 Å². The van der Waals surface area contributed by atoms with Crippen LogP contribution in [0.4, 0.5) is 5.95 Å². The van der Waals surface area contributed by atoms with Gasteiger partial charge in [0.05, 0.1) is 6.61 Å². The van der Waals surface area contributed by atoms with Crippen molar-refractivity contribution in [2.75, 3.05) is 11.9 Å². The van der Waals surface area contributed by atoms with E-state index in [0.717, 1.165) is 30.2 Å². The number of fused-ring (bicyclic) bond motifs is 1. The molecule has 2 aliphatic heterocycles. The zero-order valence-corrected chi connectivity index (χ0v) is 14.3. The lowest BCUT2D eigenvalue weighted by molar-refractivity contribution is -0.117. The number of ether oxygens (including phenoxy) is 1. The molecule has 8 heteroatoms. The van der Waals surface area contributed by atoms with E-state index in [0.29, 0.717) is 12.4 Å². The SMILES string of the molecule is CC(C)c1nc(NC(=O)C2CC(c3ccc4c(c3)CCO4)NN2)n[nH]1. The third kappa shape index (κ3) is 3.22. The summed E-state index contributed by atoms with van der Waals surface area (Å²) in [7, 11) is 0. The van der Waals surface area contributed by atoms with Crippen molar-refractivity contribution in [3.05, 3.63) is 35.2 Å². The average Bonchev–Trinajstić information content (AvgIpc) is 3.33. The molecule has 25 heavy (non-hydrogen) atoms. The van der Waals surface area contributed by atoms with E-state index in [1.807, 2.05) is 26.0 Å². The van der Waals surface area contributed by atoms with Crippen LogP contribution in [0.3, 0.4) is 0 Å². The van der Waals surface area contributed by atoms with Crippen LogP contribution in [0.25, 0.3) is 0 Å². The Bertz CT molecular complexity index is 787. The smallest absolute Gasteiger partial charge is 0.248 e. The van der Waals surface area contributed by atoms with Gasteiger partial charge in [0.15, 0.2) is 0 Å². The quantitative estimate of drug-likeness (QED) is 0.670. The normalized spacial score (nSPS) is 22.0. The number of H-pyrrole nitrogens is 1. The van der Waals surface area contributed by atoms with Gasteiger partial charge in [-0.25, -0.2) is 10.9 Å². The van der Waals surface area contributed by atoms with Crippen LogP contribution >= 0.6 is 0 Å². The summed E-state index contributed by atoms with van der Waals surface area (Å²) in [6.45, 7) is 4.77. The summed E-state index contributed by atoms with van der Waals surface area (Å²) in [4.78, 5) is 16.7. The molecule has 2 atom stereocenters. The molecule has 1 aromatic carbocycles. The van der Waals surface area contributed by atoms with E-state index in [1.165, 1.54) is 5.56 Å². The Morgan fingerprint density at radius 2 is 2.24 bits per heavy atom. The van der Waals surface area contributed by atoms with Crippen LogP contribution in [0.2, 0.25) is 0 Å². The van der Waals surface area contributed by atoms with Gasteiger partial charge in [-0.1, -0.05) is 26.0 Å². The maximum absolute atomic E-state index is 12.4. The molecule has 2 unspecified atom stereocenters. The fraction of sp³-hybridized carbons (Fsp3) is 0.471. The molecule has 1 aromatic heterocycles. The number of amides is 1. The number of benzene rings is 1. The Morgan fingerprint density at radius 3 is 3.04 bits per heavy atom. The van der Waals surface area contributed by atoms with Gasteiger partial charge in [0, 0.05) is 18.4 Å². The van der Waals surface area contributed by atoms with Crippen LogP contribution in [0.5, 0.6) is 5.75 Å². The molecule has 0 saturated carbocycles. The van der Waals surface area contributed by atoms with Gasteiger partial charge in [0.25, 0.3) is 0 Å². The van der Waals surface area contributed by atoms with Crippen molar-refractivity contribution in [1.29, 1.82) is 0 Å². The number of hydrogen-bond donors (Lipinski definition) is 4. The zero-order chi connectivity index (χ0) is 17.4. The Kier molecular flexibility index (Phi) is 4.14. The molecule has 4 N–H and O–H groups in total. The number of hydrazine groups is 1. The van der Waals surface area contributed by atoms with Gasteiger partial charge in [-0.2, -0.15) is 4.98 Å². The van der Waals surface area contributed by atoms with Crippen molar-refractivity contribution in [2.24, 2.45) is 0 Å². The highest BCUT2D eigenvalue weighted by atomic mass is 16.5. The molecule has 0 bridgehead atoms. The summed E-state index contributed by atoms with van der Waals surface area (Å²) in [6.07, 6.45) is 1.60. The van der Waals surface area contributed by atoms with E-state index in [4.69, 9.17) is 4.74 Å². The number of anilines is 1. The topological polar surface area (TPSA) is 104 Å². The number of nitrogens with one attached hydrogen (secondary N) is 4. The predicted octanol–water partition coefficient (Wildman–Crippen LogP) is 1.41. The zero-order valence-electron chi connectivity index (χ0n) is 14.3. The minimum atomic E-state index is -0.337. The molecule has 0 spiro atoms. The van der Waals surface area contributed by atoms with Crippen molar-refractivity contribution in [2.45, 2.75) is 44.7 Å². The van der Waals surface area contributed by atoms with Crippen LogP contribution in [-0.4, -0.2) is 33.7 Å². The van der Waals surface area contributed by atoms with Crippen molar-refractivity contribution in [3.63, 3.8) is 0 Å². The average molecular weight is 342 g/mol. The lowest BCUT2D eigenvalue weighted by atomic mass is 9.99. The highest BCUT2D eigenvalue weighted by Gasteiger charge is 2.31. The monoisotopic (exact) mass is 342 g/mol. The molecule has 1 fully saturated rings. The molecular weight excluding hydrogens is 320 g/mol. The maximum Gasteiger partial charge on any atom is 0.248 e. The molecule has 3 heterocycles. The summed E-state index contributed by atoms with van der Waals surface area (Å²) in [5, 5.41) is 9.63. The number of aromatic amines is 1. The maximum atomic E-state index is 12.4. The highest BCUT2D eigenvalue weighted by molar-refractivity contribution is 5.93. The standard InChI is InChI=1S/C17H22N6O2/c1-9(2)15-18-17(23-22-15)19-16(24)13-8-12(20-21-13)10-3-4-14-11(7-10)5-6-25-14/h3-4,7,9,12-13,20-21H,5-6,8H2,1-2H3,(H2,18,19,22,23,24). The molecule has 0 radical (unpaired) electrons. The van der Waals surface area contributed by atoms with E-state index < -0.39 is 0 Å². The summed E-state index contributed by atoms with van der Waals surface area (Å²) in [6, 6.07) is 5.96. The van der Waals surface area contributed by atoms with Crippen LogP contribution < -0.4 is 20.9 Å². The first kappa shape index (κ1) is 16.0. The van der Waals surface area contributed by atoms with Gasteiger partial charge in [0.2, 0.25) is 11.9 Å². The first-order valence-electron chi connectivity index (χ1n) is 8.60. The highest BCUT2D eigenvalue weighted by Crippen LogP contribution is 2.30. The molecule has 132 valence electrons. The third-order valence-electron chi connectivity index (χ3n) is 4.62. The van der Waals surface area contributed by atoms with Gasteiger partial charge in [-0.05, 0) is 23.6 Å².